The Labute approximate surface area is 173 Å². The lowest BCUT2D eigenvalue weighted by atomic mass is 10.1. The average molecular weight is 434 g/mol. The molecule has 0 atom stereocenters. The maximum atomic E-state index is 12.9. The van der Waals surface area contributed by atoms with Crippen LogP contribution in [-0.4, -0.2) is 27.5 Å². The number of rotatable bonds is 3. The van der Waals surface area contributed by atoms with Crippen LogP contribution in [0.1, 0.15) is 22.4 Å². The van der Waals surface area contributed by atoms with Crippen LogP contribution < -0.4 is 5.56 Å². The van der Waals surface area contributed by atoms with Gasteiger partial charge in [0, 0.05) is 29.5 Å². The predicted molar refractivity (Wildman–Crippen MR) is 114 cm³/mol. The molecular formula is C23H20BrN3O. The SMILES string of the molecule is O=c1c2c(ncn1Cc1ccccc1)CCN(CC#Cc1ccc(Br)cc1)C2. The molecule has 0 spiro atoms. The molecule has 28 heavy (non-hydrogen) atoms. The van der Waals surface area contributed by atoms with Crippen molar-refractivity contribution in [2.75, 3.05) is 13.1 Å². The maximum Gasteiger partial charge on any atom is 0.258 e. The van der Waals surface area contributed by atoms with E-state index in [4.69, 9.17) is 0 Å². The molecule has 1 aromatic heterocycles. The molecule has 1 aliphatic rings. The second kappa shape index (κ2) is 8.55. The summed E-state index contributed by atoms with van der Waals surface area (Å²) in [5.74, 6) is 6.42. The lowest BCUT2D eigenvalue weighted by Crippen LogP contribution is -2.38. The van der Waals surface area contributed by atoms with Crippen LogP contribution in [0.2, 0.25) is 0 Å². The van der Waals surface area contributed by atoms with Crippen molar-refractivity contribution in [2.24, 2.45) is 0 Å². The summed E-state index contributed by atoms with van der Waals surface area (Å²) in [5, 5.41) is 0. The number of aromatic nitrogens is 2. The van der Waals surface area contributed by atoms with Gasteiger partial charge in [0.2, 0.25) is 0 Å². The molecule has 140 valence electrons. The van der Waals surface area contributed by atoms with Crippen molar-refractivity contribution in [2.45, 2.75) is 19.5 Å². The topological polar surface area (TPSA) is 38.1 Å². The van der Waals surface area contributed by atoms with Gasteiger partial charge in [-0.1, -0.05) is 58.1 Å². The van der Waals surface area contributed by atoms with E-state index >= 15 is 0 Å². The summed E-state index contributed by atoms with van der Waals surface area (Å²) < 4.78 is 2.75. The molecule has 0 radical (unpaired) electrons. The Hall–Kier alpha value is -2.68. The van der Waals surface area contributed by atoms with E-state index in [-0.39, 0.29) is 5.56 Å². The Morgan fingerprint density at radius 3 is 2.64 bits per heavy atom. The molecule has 0 amide bonds. The van der Waals surface area contributed by atoms with Crippen molar-refractivity contribution >= 4 is 15.9 Å². The highest BCUT2D eigenvalue weighted by Gasteiger charge is 2.20. The zero-order valence-electron chi connectivity index (χ0n) is 15.4. The zero-order valence-corrected chi connectivity index (χ0v) is 17.0. The molecule has 3 aromatic rings. The van der Waals surface area contributed by atoms with Gasteiger partial charge in [0.05, 0.1) is 30.7 Å². The lowest BCUT2D eigenvalue weighted by Gasteiger charge is -2.26. The van der Waals surface area contributed by atoms with Crippen molar-refractivity contribution in [3.63, 3.8) is 0 Å². The van der Waals surface area contributed by atoms with Crippen LogP contribution in [0.15, 0.2) is 70.2 Å². The molecular weight excluding hydrogens is 414 g/mol. The number of halogens is 1. The molecule has 0 saturated carbocycles. The van der Waals surface area contributed by atoms with Gasteiger partial charge < -0.3 is 0 Å². The minimum Gasteiger partial charge on any atom is -0.294 e. The van der Waals surface area contributed by atoms with E-state index in [1.54, 1.807) is 10.9 Å². The van der Waals surface area contributed by atoms with Crippen LogP contribution in [-0.2, 0) is 19.5 Å². The minimum absolute atomic E-state index is 0.0550. The Kier molecular flexibility index (Phi) is 5.70. The molecule has 0 N–H and O–H groups in total. The average Bonchev–Trinajstić information content (AvgIpc) is 2.73. The smallest absolute Gasteiger partial charge is 0.258 e. The van der Waals surface area contributed by atoms with E-state index in [2.05, 4.69) is 37.7 Å². The van der Waals surface area contributed by atoms with Crippen LogP contribution in [0.25, 0.3) is 0 Å². The lowest BCUT2D eigenvalue weighted by molar-refractivity contribution is 0.280. The van der Waals surface area contributed by atoms with Crippen LogP contribution in [0.5, 0.6) is 0 Å². The second-order valence-electron chi connectivity index (χ2n) is 6.86. The molecule has 1 aliphatic heterocycles. The fraction of sp³-hybridized carbons (Fsp3) is 0.217. The fourth-order valence-corrected chi connectivity index (χ4v) is 3.59. The highest BCUT2D eigenvalue weighted by molar-refractivity contribution is 9.10. The summed E-state index contributed by atoms with van der Waals surface area (Å²) in [6.45, 7) is 2.66. The molecule has 0 unspecified atom stereocenters. The van der Waals surface area contributed by atoms with Crippen LogP contribution >= 0.6 is 15.9 Å². The summed E-state index contributed by atoms with van der Waals surface area (Å²) in [7, 11) is 0. The molecule has 0 fully saturated rings. The zero-order chi connectivity index (χ0) is 19.3. The van der Waals surface area contributed by atoms with Gasteiger partial charge >= 0.3 is 0 Å². The van der Waals surface area contributed by atoms with Gasteiger partial charge in [0.15, 0.2) is 0 Å². The molecule has 5 heteroatoms. The van der Waals surface area contributed by atoms with E-state index in [1.807, 2.05) is 54.6 Å². The summed E-state index contributed by atoms with van der Waals surface area (Å²) in [4.78, 5) is 19.7. The molecule has 4 rings (SSSR count). The van der Waals surface area contributed by atoms with Crippen LogP contribution in [0, 0.1) is 11.8 Å². The number of fused-ring (bicyclic) bond motifs is 1. The van der Waals surface area contributed by atoms with Gasteiger partial charge in [-0.2, -0.15) is 0 Å². The van der Waals surface area contributed by atoms with Crippen molar-refractivity contribution in [3.05, 3.63) is 98.1 Å². The van der Waals surface area contributed by atoms with E-state index in [0.29, 0.717) is 19.6 Å². The first-order valence-electron chi connectivity index (χ1n) is 9.27. The number of hydrogen-bond acceptors (Lipinski definition) is 3. The molecule has 0 saturated heterocycles. The summed E-state index contributed by atoms with van der Waals surface area (Å²) in [5.41, 5.74) is 3.87. The highest BCUT2D eigenvalue weighted by atomic mass is 79.9. The van der Waals surface area contributed by atoms with E-state index < -0.39 is 0 Å². The van der Waals surface area contributed by atoms with Crippen molar-refractivity contribution in [3.8, 4) is 11.8 Å². The first kappa shape index (κ1) is 18.7. The van der Waals surface area contributed by atoms with Gasteiger partial charge in [-0.05, 0) is 29.8 Å². The minimum atomic E-state index is 0.0550. The van der Waals surface area contributed by atoms with E-state index in [1.165, 1.54) is 0 Å². The number of hydrogen-bond donors (Lipinski definition) is 0. The molecule has 2 aromatic carbocycles. The Bertz CT molecular complexity index is 1080. The second-order valence-corrected chi connectivity index (χ2v) is 7.77. The third-order valence-corrected chi connectivity index (χ3v) is 5.37. The Balaban J connectivity index is 1.47. The fourth-order valence-electron chi connectivity index (χ4n) is 3.32. The largest absolute Gasteiger partial charge is 0.294 e. The van der Waals surface area contributed by atoms with Crippen molar-refractivity contribution in [1.29, 1.82) is 0 Å². The van der Waals surface area contributed by atoms with Crippen LogP contribution in [0.3, 0.4) is 0 Å². The summed E-state index contributed by atoms with van der Waals surface area (Å²) in [6, 6.07) is 18.0. The quantitative estimate of drug-likeness (QED) is 0.593. The van der Waals surface area contributed by atoms with Gasteiger partial charge in [0.1, 0.15) is 0 Å². The number of benzene rings is 2. The Morgan fingerprint density at radius 1 is 1.07 bits per heavy atom. The standard InChI is InChI=1S/C23H20BrN3O/c24-20-10-8-18(9-11-20)7-4-13-26-14-12-22-21(16-26)23(28)27(17-25-22)15-19-5-2-1-3-6-19/h1-3,5-6,8-11,17H,12-16H2. The normalized spacial score (nSPS) is 13.5. The van der Waals surface area contributed by atoms with Gasteiger partial charge in [-0.15, -0.1) is 0 Å². The van der Waals surface area contributed by atoms with Gasteiger partial charge in [-0.25, -0.2) is 4.98 Å². The number of nitrogens with zero attached hydrogens (tertiary/aromatic N) is 3. The Morgan fingerprint density at radius 2 is 1.86 bits per heavy atom. The first-order chi connectivity index (χ1) is 13.7. The molecule has 4 nitrogen and oxygen atoms in total. The maximum absolute atomic E-state index is 12.9. The third kappa shape index (κ3) is 4.41. The van der Waals surface area contributed by atoms with Gasteiger partial charge in [0.25, 0.3) is 5.56 Å². The van der Waals surface area contributed by atoms with Crippen molar-refractivity contribution in [1.82, 2.24) is 14.5 Å². The third-order valence-electron chi connectivity index (χ3n) is 4.84. The summed E-state index contributed by atoms with van der Waals surface area (Å²) in [6.07, 6.45) is 2.47. The monoisotopic (exact) mass is 433 g/mol. The molecule has 0 aliphatic carbocycles. The highest BCUT2D eigenvalue weighted by Crippen LogP contribution is 2.13. The molecule has 0 bridgehead atoms. The summed E-state index contributed by atoms with van der Waals surface area (Å²) >= 11 is 3.43. The first-order valence-corrected chi connectivity index (χ1v) is 10.1. The van der Waals surface area contributed by atoms with E-state index in [9.17, 15) is 4.79 Å². The van der Waals surface area contributed by atoms with Gasteiger partial charge in [-0.3, -0.25) is 14.3 Å². The predicted octanol–water partition coefficient (Wildman–Crippen LogP) is 3.46. The van der Waals surface area contributed by atoms with E-state index in [0.717, 1.165) is 39.8 Å². The van der Waals surface area contributed by atoms with Crippen LogP contribution in [0.4, 0.5) is 0 Å². The molecule has 2 heterocycles. The van der Waals surface area contributed by atoms with Crippen molar-refractivity contribution < 1.29 is 0 Å².